The van der Waals surface area contributed by atoms with E-state index in [9.17, 15) is 14.7 Å². The molecule has 5 nitrogen and oxygen atoms in total. The van der Waals surface area contributed by atoms with Crippen LogP contribution in [0.25, 0.3) is 0 Å². The van der Waals surface area contributed by atoms with Gasteiger partial charge in [0, 0.05) is 18.8 Å². The van der Waals surface area contributed by atoms with Crippen molar-refractivity contribution in [1.82, 2.24) is 4.90 Å². The van der Waals surface area contributed by atoms with Gasteiger partial charge in [-0.2, -0.15) is 0 Å². The molecule has 2 N–H and O–H groups in total. The molecule has 0 unspecified atom stereocenters. The molecule has 0 aliphatic carbocycles. The van der Waals surface area contributed by atoms with E-state index in [1.807, 2.05) is 37.3 Å². The minimum atomic E-state index is -0.245. The lowest BCUT2D eigenvalue weighted by molar-refractivity contribution is -0.121. The maximum absolute atomic E-state index is 12.7. The first kappa shape index (κ1) is 17.0. The van der Waals surface area contributed by atoms with Gasteiger partial charge in [-0.15, -0.1) is 0 Å². The smallest absolute Gasteiger partial charge is 0.257 e. The Kier molecular flexibility index (Phi) is 5.03. The summed E-state index contributed by atoms with van der Waals surface area (Å²) in [5.74, 6) is -0.558. The predicted molar refractivity (Wildman–Crippen MR) is 96.5 cm³/mol. The second-order valence-corrected chi connectivity index (χ2v) is 6.47. The number of carbonyl (C=O) groups is 2. The molecular weight excluding hydrogens is 316 g/mol. The summed E-state index contributed by atoms with van der Waals surface area (Å²) in [4.78, 5) is 26.8. The molecule has 130 valence electrons. The van der Waals surface area contributed by atoms with Gasteiger partial charge in [0.15, 0.2) is 0 Å². The summed E-state index contributed by atoms with van der Waals surface area (Å²) in [6, 6.07) is 14.3. The van der Waals surface area contributed by atoms with Crippen molar-refractivity contribution in [3.63, 3.8) is 0 Å². The summed E-state index contributed by atoms with van der Waals surface area (Å²) >= 11 is 0. The van der Waals surface area contributed by atoms with Crippen molar-refractivity contribution < 1.29 is 14.7 Å². The van der Waals surface area contributed by atoms with Crippen molar-refractivity contribution in [2.24, 2.45) is 5.92 Å². The Hall–Kier alpha value is -2.82. The number of para-hydroxylation sites is 1. The maximum atomic E-state index is 12.7. The third-order valence-electron chi connectivity index (χ3n) is 4.50. The second-order valence-electron chi connectivity index (χ2n) is 6.47. The van der Waals surface area contributed by atoms with E-state index in [0.29, 0.717) is 13.1 Å². The molecule has 0 aromatic heterocycles. The highest BCUT2D eigenvalue weighted by molar-refractivity contribution is 5.98. The van der Waals surface area contributed by atoms with Crippen molar-refractivity contribution in [3.8, 4) is 5.75 Å². The lowest BCUT2D eigenvalue weighted by Crippen LogP contribution is -2.43. The van der Waals surface area contributed by atoms with E-state index in [-0.39, 0.29) is 29.0 Å². The van der Waals surface area contributed by atoms with Crippen LogP contribution < -0.4 is 5.32 Å². The Bertz CT molecular complexity index is 774. The molecule has 0 spiro atoms. The average Bonchev–Trinajstić information content (AvgIpc) is 2.62. The van der Waals surface area contributed by atoms with Gasteiger partial charge in [-0.3, -0.25) is 9.59 Å². The molecule has 1 saturated heterocycles. The van der Waals surface area contributed by atoms with Crippen molar-refractivity contribution in [2.45, 2.75) is 19.8 Å². The number of phenols is 1. The van der Waals surface area contributed by atoms with Gasteiger partial charge < -0.3 is 15.3 Å². The molecule has 1 heterocycles. The Morgan fingerprint density at radius 1 is 1.16 bits per heavy atom. The molecule has 0 bridgehead atoms. The molecule has 3 rings (SSSR count). The van der Waals surface area contributed by atoms with E-state index in [2.05, 4.69) is 5.32 Å². The highest BCUT2D eigenvalue weighted by Crippen LogP contribution is 2.24. The summed E-state index contributed by atoms with van der Waals surface area (Å²) in [5, 5.41) is 12.9. The van der Waals surface area contributed by atoms with Crippen LogP contribution in [0.3, 0.4) is 0 Å². The number of aromatic hydroxyl groups is 1. The number of hydrogen-bond donors (Lipinski definition) is 2. The van der Waals surface area contributed by atoms with Crippen molar-refractivity contribution in [3.05, 3.63) is 59.7 Å². The SMILES string of the molecule is Cc1ccc(C(=O)N2CCC[C@@H](C(=O)Nc3ccccc3)C2)c(O)c1. The highest BCUT2D eigenvalue weighted by atomic mass is 16.3. The first-order chi connectivity index (χ1) is 12.0. The lowest BCUT2D eigenvalue weighted by atomic mass is 9.96. The van der Waals surface area contributed by atoms with Gasteiger partial charge in [0.1, 0.15) is 5.75 Å². The lowest BCUT2D eigenvalue weighted by Gasteiger charge is -2.32. The first-order valence-electron chi connectivity index (χ1n) is 8.49. The number of nitrogens with zero attached hydrogens (tertiary/aromatic N) is 1. The number of amides is 2. The van der Waals surface area contributed by atoms with Crippen LogP contribution in [0.4, 0.5) is 5.69 Å². The molecule has 1 aliphatic rings. The second kappa shape index (κ2) is 7.38. The van der Waals surface area contributed by atoms with Gasteiger partial charge in [-0.1, -0.05) is 24.3 Å². The first-order valence-corrected chi connectivity index (χ1v) is 8.49. The average molecular weight is 338 g/mol. The van der Waals surface area contributed by atoms with Crippen LogP contribution in [0.1, 0.15) is 28.8 Å². The molecule has 25 heavy (non-hydrogen) atoms. The minimum absolute atomic E-state index is 0.0131. The number of hydrogen-bond acceptors (Lipinski definition) is 3. The van der Waals surface area contributed by atoms with Gasteiger partial charge in [0.2, 0.25) is 5.91 Å². The molecule has 2 aromatic carbocycles. The Morgan fingerprint density at radius 3 is 2.64 bits per heavy atom. The van der Waals surface area contributed by atoms with Crippen LogP contribution in [0.15, 0.2) is 48.5 Å². The fourth-order valence-corrected chi connectivity index (χ4v) is 3.13. The topological polar surface area (TPSA) is 69.6 Å². The third kappa shape index (κ3) is 3.99. The Balaban J connectivity index is 1.68. The van der Waals surface area contributed by atoms with Crippen LogP contribution in [-0.2, 0) is 4.79 Å². The number of anilines is 1. The number of phenolic OH excluding ortho intramolecular Hbond substituents is 1. The molecule has 2 amide bonds. The number of likely N-dealkylation sites (tertiary alicyclic amines) is 1. The summed E-state index contributed by atoms with van der Waals surface area (Å²) in [6.45, 7) is 2.82. The zero-order chi connectivity index (χ0) is 17.8. The van der Waals surface area contributed by atoms with Crippen LogP contribution in [0.2, 0.25) is 0 Å². The number of benzene rings is 2. The largest absolute Gasteiger partial charge is 0.507 e. The summed E-state index contributed by atoms with van der Waals surface area (Å²) in [6.07, 6.45) is 1.52. The van der Waals surface area contributed by atoms with Crippen LogP contribution in [-0.4, -0.2) is 34.9 Å². The van der Waals surface area contributed by atoms with Crippen LogP contribution >= 0.6 is 0 Å². The number of aryl methyl sites for hydroxylation is 1. The maximum Gasteiger partial charge on any atom is 0.257 e. The van der Waals surface area contributed by atoms with Crippen molar-refractivity contribution in [1.29, 1.82) is 0 Å². The Labute approximate surface area is 147 Å². The zero-order valence-corrected chi connectivity index (χ0v) is 14.2. The molecule has 1 atom stereocenters. The molecule has 1 aliphatic heterocycles. The predicted octanol–water partition coefficient (Wildman–Crippen LogP) is 3.19. The minimum Gasteiger partial charge on any atom is -0.507 e. The fourth-order valence-electron chi connectivity index (χ4n) is 3.13. The Morgan fingerprint density at radius 2 is 1.92 bits per heavy atom. The van der Waals surface area contributed by atoms with Gasteiger partial charge in [-0.05, 0) is 49.6 Å². The highest BCUT2D eigenvalue weighted by Gasteiger charge is 2.29. The van der Waals surface area contributed by atoms with E-state index >= 15 is 0 Å². The number of nitrogens with one attached hydrogen (secondary N) is 1. The number of piperidine rings is 1. The monoisotopic (exact) mass is 338 g/mol. The third-order valence-corrected chi connectivity index (χ3v) is 4.50. The molecule has 1 fully saturated rings. The standard InChI is InChI=1S/C20H22N2O3/c1-14-9-10-17(18(23)12-14)20(25)22-11-5-6-15(13-22)19(24)21-16-7-3-2-4-8-16/h2-4,7-10,12,15,23H,5-6,11,13H2,1H3,(H,21,24)/t15-/m1/s1. The fraction of sp³-hybridized carbons (Fsp3) is 0.300. The van der Waals surface area contributed by atoms with E-state index in [1.165, 1.54) is 0 Å². The van der Waals surface area contributed by atoms with Gasteiger partial charge >= 0.3 is 0 Å². The molecule has 5 heteroatoms. The van der Waals surface area contributed by atoms with Crippen LogP contribution in [0.5, 0.6) is 5.75 Å². The molecule has 0 radical (unpaired) electrons. The molecule has 0 saturated carbocycles. The van der Waals surface area contributed by atoms with Gasteiger partial charge in [0.25, 0.3) is 5.91 Å². The summed E-state index contributed by atoms with van der Waals surface area (Å²) in [7, 11) is 0. The number of rotatable bonds is 3. The van der Waals surface area contributed by atoms with E-state index in [4.69, 9.17) is 0 Å². The normalized spacial score (nSPS) is 17.2. The van der Waals surface area contributed by atoms with Gasteiger partial charge in [0.05, 0.1) is 11.5 Å². The zero-order valence-electron chi connectivity index (χ0n) is 14.2. The van der Waals surface area contributed by atoms with Crippen LogP contribution in [0, 0.1) is 12.8 Å². The van der Waals surface area contributed by atoms with Crippen molar-refractivity contribution in [2.75, 3.05) is 18.4 Å². The van der Waals surface area contributed by atoms with E-state index in [0.717, 1.165) is 24.1 Å². The number of carbonyl (C=O) groups excluding carboxylic acids is 2. The quantitative estimate of drug-likeness (QED) is 0.903. The summed E-state index contributed by atoms with van der Waals surface area (Å²) < 4.78 is 0. The van der Waals surface area contributed by atoms with Gasteiger partial charge in [-0.25, -0.2) is 0 Å². The van der Waals surface area contributed by atoms with E-state index < -0.39 is 0 Å². The van der Waals surface area contributed by atoms with E-state index in [1.54, 1.807) is 23.1 Å². The summed E-state index contributed by atoms with van der Waals surface area (Å²) in [5.41, 5.74) is 1.94. The molecular formula is C20H22N2O3. The van der Waals surface area contributed by atoms with Crippen molar-refractivity contribution >= 4 is 17.5 Å². The molecule has 2 aromatic rings.